The van der Waals surface area contributed by atoms with Crippen LogP contribution in [0.1, 0.15) is 31.3 Å². The summed E-state index contributed by atoms with van der Waals surface area (Å²) >= 11 is 11.9. The molecule has 0 fully saturated rings. The summed E-state index contributed by atoms with van der Waals surface area (Å²) in [5.74, 6) is 0.225. The van der Waals surface area contributed by atoms with E-state index in [0.717, 1.165) is 0 Å². The molecule has 22 heavy (non-hydrogen) atoms. The van der Waals surface area contributed by atoms with Crippen LogP contribution in [0.15, 0.2) is 30.3 Å². The SMILES string of the molecule is CC(C)(C)NC(=O)c1ccc(Nc2cc(Cl)cc(Cl)c2)nn1. The highest BCUT2D eigenvalue weighted by Gasteiger charge is 2.16. The van der Waals surface area contributed by atoms with Crippen LogP contribution in [0.3, 0.4) is 0 Å². The van der Waals surface area contributed by atoms with Crippen molar-refractivity contribution in [3.8, 4) is 0 Å². The number of benzene rings is 1. The molecule has 0 aliphatic carbocycles. The third kappa shape index (κ3) is 4.86. The third-order valence-corrected chi connectivity index (χ3v) is 2.96. The molecule has 1 amide bonds. The molecule has 0 aliphatic heterocycles. The lowest BCUT2D eigenvalue weighted by atomic mass is 10.1. The number of carbonyl (C=O) groups excluding carboxylic acids is 1. The number of nitrogens with zero attached hydrogens (tertiary/aromatic N) is 2. The Bertz CT molecular complexity index is 661. The van der Waals surface area contributed by atoms with Gasteiger partial charge in [0.25, 0.3) is 5.91 Å². The minimum absolute atomic E-state index is 0.254. The van der Waals surface area contributed by atoms with Gasteiger partial charge < -0.3 is 10.6 Å². The monoisotopic (exact) mass is 338 g/mol. The van der Waals surface area contributed by atoms with Crippen molar-refractivity contribution in [2.24, 2.45) is 0 Å². The zero-order valence-electron chi connectivity index (χ0n) is 12.4. The summed E-state index contributed by atoms with van der Waals surface area (Å²) in [6.45, 7) is 5.70. The van der Waals surface area contributed by atoms with Gasteiger partial charge in [-0.25, -0.2) is 0 Å². The molecule has 1 aromatic carbocycles. The number of hydrogen-bond acceptors (Lipinski definition) is 4. The topological polar surface area (TPSA) is 66.9 Å². The maximum atomic E-state index is 12.0. The molecule has 0 radical (unpaired) electrons. The Morgan fingerprint density at radius 3 is 2.18 bits per heavy atom. The Labute approximate surface area is 139 Å². The van der Waals surface area contributed by atoms with Crippen molar-refractivity contribution in [2.45, 2.75) is 26.3 Å². The first-order chi connectivity index (χ1) is 10.2. The zero-order chi connectivity index (χ0) is 16.3. The Morgan fingerprint density at radius 1 is 1.05 bits per heavy atom. The van der Waals surface area contributed by atoms with Gasteiger partial charge in [0.15, 0.2) is 11.5 Å². The number of amides is 1. The van der Waals surface area contributed by atoms with Gasteiger partial charge in [-0.05, 0) is 51.1 Å². The van der Waals surface area contributed by atoms with E-state index in [9.17, 15) is 4.79 Å². The summed E-state index contributed by atoms with van der Waals surface area (Å²) in [4.78, 5) is 12.0. The van der Waals surface area contributed by atoms with Crippen LogP contribution in [-0.4, -0.2) is 21.6 Å². The number of carbonyl (C=O) groups is 1. The molecule has 1 heterocycles. The first-order valence-corrected chi connectivity index (χ1v) is 7.38. The fourth-order valence-electron chi connectivity index (χ4n) is 1.70. The number of hydrogen-bond donors (Lipinski definition) is 2. The minimum Gasteiger partial charge on any atom is -0.346 e. The number of rotatable bonds is 3. The van der Waals surface area contributed by atoms with Crippen LogP contribution in [0.25, 0.3) is 0 Å². The zero-order valence-corrected chi connectivity index (χ0v) is 14.0. The minimum atomic E-state index is -0.326. The van der Waals surface area contributed by atoms with Gasteiger partial charge in [0.1, 0.15) is 0 Å². The lowest BCUT2D eigenvalue weighted by Gasteiger charge is -2.19. The molecule has 5 nitrogen and oxygen atoms in total. The van der Waals surface area contributed by atoms with E-state index < -0.39 is 0 Å². The molecule has 0 atom stereocenters. The predicted octanol–water partition coefficient (Wildman–Crippen LogP) is 4.06. The lowest BCUT2D eigenvalue weighted by molar-refractivity contribution is 0.0913. The second kappa shape index (κ2) is 6.50. The molecule has 2 rings (SSSR count). The maximum Gasteiger partial charge on any atom is 0.272 e. The highest BCUT2D eigenvalue weighted by molar-refractivity contribution is 6.35. The summed E-state index contributed by atoms with van der Waals surface area (Å²) in [5.41, 5.74) is 0.621. The molecule has 2 aromatic rings. The largest absolute Gasteiger partial charge is 0.346 e. The highest BCUT2D eigenvalue weighted by Crippen LogP contribution is 2.24. The summed E-state index contributed by atoms with van der Waals surface area (Å²) in [5, 5.41) is 14.8. The lowest BCUT2D eigenvalue weighted by Crippen LogP contribution is -2.41. The van der Waals surface area contributed by atoms with E-state index in [4.69, 9.17) is 23.2 Å². The van der Waals surface area contributed by atoms with E-state index in [2.05, 4.69) is 20.8 Å². The van der Waals surface area contributed by atoms with Gasteiger partial charge in [0, 0.05) is 21.3 Å². The number of halogens is 2. The van der Waals surface area contributed by atoms with Crippen LogP contribution in [0.2, 0.25) is 10.0 Å². The van der Waals surface area contributed by atoms with E-state index in [1.807, 2.05) is 20.8 Å². The third-order valence-electron chi connectivity index (χ3n) is 2.52. The maximum absolute atomic E-state index is 12.0. The summed E-state index contributed by atoms with van der Waals surface area (Å²) < 4.78 is 0. The van der Waals surface area contributed by atoms with E-state index in [1.165, 1.54) is 0 Å². The van der Waals surface area contributed by atoms with E-state index in [-0.39, 0.29) is 17.1 Å². The Balaban J connectivity index is 2.10. The van der Waals surface area contributed by atoms with Crippen LogP contribution in [0, 0.1) is 0 Å². The first kappa shape index (κ1) is 16.5. The van der Waals surface area contributed by atoms with Crippen LogP contribution < -0.4 is 10.6 Å². The van der Waals surface area contributed by atoms with E-state index in [0.29, 0.717) is 21.6 Å². The quantitative estimate of drug-likeness (QED) is 0.885. The van der Waals surface area contributed by atoms with Crippen LogP contribution in [0.5, 0.6) is 0 Å². The molecule has 1 aromatic heterocycles. The molecule has 0 spiro atoms. The molecule has 7 heteroatoms. The van der Waals surface area contributed by atoms with Crippen molar-refractivity contribution in [1.29, 1.82) is 0 Å². The van der Waals surface area contributed by atoms with Crippen LogP contribution in [-0.2, 0) is 0 Å². The number of anilines is 2. The summed E-state index contributed by atoms with van der Waals surface area (Å²) in [7, 11) is 0. The van der Waals surface area contributed by atoms with Crippen molar-refractivity contribution in [1.82, 2.24) is 15.5 Å². The Hall–Kier alpha value is -1.85. The van der Waals surface area contributed by atoms with Crippen molar-refractivity contribution >= 4 is 40.6 Å². The van der Waals surface area contributed by atoms with Gasteiger partial charge >= 0.3 is 0 Å². The number of nitrogens with one attached hydrogen (secondary N) is 2. The summed E-state index contributed by atoms with van der Waals surface area (Å²) in [6, 6.07) is 8.34. The van der Waals surface area contributed by atoms with Crippen molar-refractivity contribution < 1.29 is 4.79 Å². The van der Waals surface area contributed by atoms with Gasteiger partial charge in [-0.2, -0.15) is 0 Å². The van der Waals surface area contributed by atoms with E-state index in [1.54, 1.807) is 30.3 Å². The van der Waals surface area contributed by atoms with Crippen molar-refractivity contribution in [3.63, 3.8) is 0 Å². The number of aromatic nitrogens is 2. The van der Waals surface area contributed by atoms with Gasteiger partial charge in [0.05, 0.1) is 0 Å². The van der Waals surface area contributed by atoms with Gasteiger partial charge in [-0.15, -0.1) is 10.2 Å². The van der Waals surface area contributed by atoms with Crippen molar-refractivity contribution in [3.05, 3.63) is 46.1 Å². The molecule has 116 valence electrons. The molecular formula is C15H16Cl2N4O. The molecule has 0 bridgehead atoms. The van der Waals surface area contributed by atoms with Gasteiger partial charge in [-0.3, -0.25) is 4.79 Å². The average Bonchev–Trinajstić information content (AvgIpc) is 2.36. The molecule has 0 unspecified atom stereocenters. The smallest absolute Gasteiger partial charge is 0.272 e. The molecule has 0 saturated carbocycles. The standard InChI is InChI=1S/C15H16Cl2N4O/c1-15(2,3)19-14(22)12-4-5-13(21-20-12)18-11-7-9(16)6-10(17)8-11/h4-8H,1-3H3,(H,18,21)(H,19,22). The van der Waals surface area contributed by atoms with Crippen LogP contribution in [0.4, 0.5) is 11.5 Å². The average molecular weight is 339 g/mol. The second-order valence-corrected chi connectivity index (χ2v) is 6.66. The van der Waals surface area contributed by atoms with E-state index >= 15 is 0 Å². The Kier molecular flexibility index (Phi) is 4.88. The fraction of sp³-hybridized carbons (Fsp3) is 0.267. The van der Waals surface area contributed by atoms with Gasteiger partial charge in [-0.1, -0.05) is 23.2 Å². The molecule has 0 saturated heterocycles. The second-order valence-electron chi connectivity index (χ2n) is 5.79. The molecular weight excluding hydrogens is 323 g/mol. The highest BCUT2D eigenvalue weighted by atomic mass is 35.5. The normalized spacial score (nSPS) is 11.1. The fourth-order valence-corrected chi connectivity index (χ4v) is 2.22. The van der Waals surface area contributed by atoms with Crippen molar-refractivity contribution in [2.75, 3.05) is 5.32 Å². The van der Waals surface area contributed by atoms with Crippen LogP contribution >= 0.6 is 23.2 Å². The summed E-state index contributed by atoms with van der Waals surface area (Å²) in [6.07, 6.45) is 0. The molecule has 0 aliphatic rings. The predicted molar refractivity (Wildman–Crippen MR) is 89.0 cm³/mol. The molecule has 2 N–H and O–H groups in total. The Morgan fingerprint density at radius 2 is 1.68 bits per heavy atom. The van der Waals surface area contributed by atoms with Gasteiger partial charge in [0.2, 0.25) is 0 Å². The first-order valence-electron chi connectivity index (χ1n) is 6.62.